The molecule has 1 heterocycles. The van der Waals surface area contributed by atoms with Gasteiger partial charge in [-0.25, -0.2) is 4.98 Å². The van der Waals surface area contributed by atoms with Gasteiger partial charge in [0.25, 0.3) is 5.91 Å². The number of carbonyl (C=O) groups excluding carboxylic acids is 1. The van der Waals surface area contributed by atoms with E-state index in [4.69, 9.17) is 28.3 Å². The Hall–Kier alpha value is -1.33. The minimum atomic E-state index is -0.952. The molecule has 18 heavy (non-hydrogen) atoms. The van der Waals surface area contributed by atoms with E-state index < -0.39 is 5.97 Å². The second-order valence-electron chi connectivity index (χ2n) is 3.53. The molecule has 0 bridgehead atoms. The van der Waals surface area contributed by atoms with Crippen molar-refractivity contribution < 1.29 is 14.7 Å². The summed E-state index contributed by atoms with van der Waals surface area (Å²) in [7, 11) is 0. The van der Waals surface area contributed by atoms with Crippen molar-refractivity contribution in [3.8, 4) is 0 Å². The second kappa shape index (κ2) is 6.56. The van der Waals surface area contributed by atoms with Gasteiger partial charge in [0.15, 0.2) is 0 Å². The Balaban J connectivity index is 2.85. The van der Waals surface area contributed by atoms with Crippen molar-refractivity contribution in [1.29, 1.82) is 0 Å². The number of hydrogen-bond donors (Lipinski definition) is 1. The van der Waals surface area contributed by atoms with Gasteiger partial charge >= 0.3 is 5.97 Å². The first-order valence-corrected chi connectivity index (χ1v) is 6.03. The first kappa shape index (κ1) is 14.7. The van der Waals surface area contributed by atoms with Crippen LogP contribution in [0.2, 0.25) is 10.3 Å². The number of amides is 1. The first-order chi connectivity index (χ1) is 8.43. The molecule has 1 aromatic rings. The van der Waals surface area contributed by atoms with Crippen LogP contribution in [0.1, 0.15) is 23.7 Å². The van der Waals surface area contributed by atoms with Crippen LogP contribution >= 0.6 is 23.2 Å². The monoisotopic (exact) mass is 290 g/mol. The van der Waals surface area contributed by atoms with Crippen molar-refractivity contribution in [2.45, 2.75) is 13.3 Å². The molecule has 7 heteroatoms. The number of carboxylic acids is 1. The van der Waals surface area contributed by atoms with Crippen molar-refractivity contribution in [1.82, 2.24) is 9.88 Å². The summed E-state index contributed by atoms with van der Waals surface area (Å²) in [4.78, 5) is 27.7. The highest BCUT2D eigenvalue weighted by atomic mass is 35.5. The summed E-state index contributed by atoms with van der Waals surface area (Å²) in [6.45, 7) is 2.32. The van der Waals surface area contributed by atoms with Gasteiger partial charge in [-0.1, -0.05) is 23.2 Å². The zero-order valence-corrected chi connectivity index (χ0v) is 11.2. The second-order valence-corrected chi connectivity index (χ2v) is 4.30. The Morgan fingerprint density at radius 1 is 1.33 bits per heavy atom. The molecule has 0 fully saturated rings. The normalized spacial score (nSPS) is 10.2. The van der Waals surface area contributed by atoms with Crippen molar-refractivity contribution >= 4 is 35.1 Å². The molecule has 1 rings (SSSR count). The molecule has 0 aliphatic rings. The predicted molar refractivity (Wildman–Crippen MR) is 68.1 cm³/mol. The molecule has 5 nitrogen and oxygen atoms in total. The lowest BCUT2D eigenvalue weighted by Crippen LogP contribution is -2.32. The maximum Gasteiger partial charge on any atom is 0.305 e. The van der Waals surface area contributed by atoms with E-state index in [2.05, 4.69) is 4.98 Å². The largest absolute Gasteiger partial charge is 0.481 e. The molecule has 0 aliphatic heterocycles. The number of carbonyl (C=O) groups is 2. The number of carboxylic acid groups (broad SMARTS) is 1. The highest BCUT2D eigenvalue weighted by molar-refractivity contribution is 6.33. The van der Waals surface area contributed by atoms with Crippen molar-refractivity contribution in [2.75, 3.05) is 13.1 Å². The van der Waals surface area contributed by atoms with E-state index in [0.29, 0.717) is 12.1 Å². The van der Waals surface area contributed by atoms with Gasteiger partial charge in [-0.3, -0.25) is 9.59 Å². The molecule has 98 valence electrons. The molecule has 0 atom stereocenters. The molecular weight excluding hydrogens is 279 g/mol. The van der Waals surface area contributed by atoms with Crippen LogP contribution in [0.25, 0.3) is 0 Å². The molecular formula is C11H12Cl2N2O3. The summed E-state index contributed by atoms with van der Waals surface area (Å²) in [6, 6.07) is 2.80. The number of aromatic nitrogens is 1. The Bertz CT molecular complexity index is 445. The fraction of sp³-hybridized carbons (Fsp3) is 0.364. The third-order valence-electron chi connectivity index (χ3n) is 2.27. The van der Waals surface area contributed by atoms with Crippen LogP contribution in [0.3, 0.4) is 0 Å². The summed E-state index contributed by atoms with van der Waals surface area (Å²) < 4.78 is 0. The smallest absolute Gasteiger partial charge is 0.305 e. The van der Waals surface area contributed by atoms with Crippen molar-refractivity contribution in [3.63, 3.8) is 0 Å². The quantitative estimate of drug-likeness (QED) is 0.845. The summed E-state index contributed by atoms with van der Waals surface area (Å²) in [5.74, 6) is -1.27. The topological polar surface area (TPSA) is 70.5 Å². The van der Waals surface area contributed by atoms with Gasteiger partial charge in [0.2, 0.25) is 0 Å². The van der Waals surface area contributed by atoms with Crippen molar-refractivity contribution in [2.24, 2.45) is 0 Å². The zero-order valence-electron chi connectivity index (χ0n) is 9.69. The average molecular weight is 291 g/mol. The molecule has 0 aromatic carbocycles. The fourth-order valence-electron chi connectivity index (χ4n) is 1.40. The molecule has 0 aliphatic carbocycles. The molecule has 1 aromatic heterocycles. The summed E-state index contributed by atoms with van der Waals surface area (Å²) in [5.41, 5.74) is 0.298. The molecule has 0 spiro atoms. The van der Waals surface area contributed by atoms with Crippen molar-refractivity contribution in [3.05, 3.63) is 28.0 Å². The minimum absolute atomic E-state index is 0.105. The standard InChI is InChI=1S/C11H12Cl2N2O3/c1-2-15(4-3-10(16)17)11(18)7-5-8(12)14-9(13)6-7/h5-6H,2-4H2,1H3,(H,16,17). The third-order valence-corrected chi connectivity index (χ3v) is 2.66. The lowest BCUT2D eigenvalue weighted by Gasteiger charge is -2.20. The first-order valence-electron chi connectivity index (χ1n) is 5.28. The molecule has 0 radical (unpaired) electrons. The lowest BCUT2D eigenvalue weighted by atomic mass is 10.2. The van der Waals surface area contributed by atoms with E-state index in [1.807, 2.05) is 0 Å². The van der Waals surface area contributed by atoms with Crippen LogP contribution in [0, 0.1) is 0 Å². The number of nitrogens with zero attached hydrogens (tertiary/aromatic N) is 2. The van der Waals surface area contributed by atoms with Gasteiger partial charge in [-0.2, -0.15) is 0 Å². The Kier molecular flexibility index (Phi) is 5.37. The van der Waals surface area contributed by atoms with E-state index in [0.717, 1.165) is 0 Å². The average Bonchev–Trinajstić information content (AvgIpc) is 2.27. The number of rotatable bonds is 5. The maximum atomic E-state index is 12.1. The van der Waals surface area contributed by atoms with Gasteiger partial charge in [0, 0.05) is 18.7 Å². The van der Waals surface area contributed by atoms with Gasteiger partial charge in [0.1, 0.15) is 10.3 Å². The molecule has 1 amide bonds. The van der Waals surface area contributed by atoms with Gasteiger partial charge < -0.3 is 10.0 Å². The Morgan fingerprint density at radius 2 is 1.89 bits per heavy atom. The molecule has 0 saturated carbocycles. The van der Waals surface area contributed by atoms with Crippen LogP contribution in [-0.4, -0.2) is 40.0 Å². The van der Waals surface area contributed by atoms with Crippen LogP contribution in [0.15, 0.2) is 12.1 Å². The highest BCUT2D eigenvalue weighted by Gasteiger charge is 2.16. The zero-order chi connectivity index (χ0) is 13.7. The summed E-state index contributed by atoms with van der Waals surface area (Å²) in [6.07, 6.45) is -0.105. The van der Waals surface area contributed by atoms with Crippen LogP contribution in [-0.2, 0) is 4.79 Å². The number of pyridine rings is 1. The van der Waals surface area contributed by atoms with E-state index in [1.54, 1.807) is 6.92 Å². The highest BCUT2D eigenvalue weighted by Crippen LogP contribution is 2.16. The molecule has 0 unspecified atom stereocenters. The van der Waals surface area contributed by atoms with E-state index >= 15 is 0 Å². The predicted octanol–water partition coefficient (Wildman–Crippen LogP) is 2.33. The fourth-order valence-corrected chi connectivity index (χ4v) is 1.87. The minimum Gasteiger partial charge on any atom is -0.481 e. The summed E-state index contributed by atoms with van der Waals surface area (Å²) in [5, 5.41) is 8.86. The number of halogens is 2. The molecule has 1 N–H and O–H groups in total. The van der Waals surface area contributed by atoms with E-state index in [9.17, 15) is 9.59 Å². The summed E-state index contributed by atoms with van der Waals surface area (Å²) >= 11 is 11.4. The maximum absolute atomic E-state index is 12.1. The van der Waals surface area contributed by atoms with Gasteiger partial charge in [-0.05, 0) is 19.1 Å². The van der Waals surface area contributed by atoms with Crippen LogP contribution < -0.4 is 0 Å². The van der Waals surface area contributed by atoms with Gasteiger partial charge in [-0.15, -0.1) is 0 Å². The third kappa shape index (κ3) is 4.16. The Labute approximate surface area is 114 Å². The van der Waals surface area contributed by atoms with E-state index in [-0.39, 0.29) is 29.2 Å². The number of aliphatic carboxylic acids is 1. The van der Waals surface area contributed by atoms with Gasteiger partial charge in [0.05, 0.1) is 6.42 Å². The SMILES string of the molecule is CCN(CCC(=O)O)C(=O)c1cc(Cl)nc(Cl)c1. The number of hydrogen-bond acceptors (Lipinski definition) is 3. The van der Waals surface area contributed by atoms with Crippen LogP contribution in [0.4, 0.5) is 0 Å². The lowest BCUT2D eigenvalue weighted by molar-refractivity contribution is -0.137. The molecule has 0 saturated heterocycles. The van der Waals surface area contributed by atoms with Crippen LogP contribution in [0.5, 0.6) is 0 Å². The Morgan fingerprint density at radius 3 is 2.33 bits per heavy atom. The van der Waals surface area contributed by atoms with E-state index in [1.165, 1.54) is 17.0 Å².